The van der Waals surface area contributed by atoms with Crippen LogP contribution in [0.4, 0.5) is 0 Å². The Kier molecular flexibility index (Phi) is 126. The third kappa shape index (κ3) is 162. The van der Waals surface area contributed by atoms with E-state index in [1.54, 1.807) is 6.92 Å². The molecule has 702 valence electrons. The van der Waals surface area contributed by atoms with Crippen molar-refractivity contribution in [2.75, 3.05) is 13.2 Å². The van der Waals surface area contributed by atoms with E-state index >= 15 is 0 Å². The fourth-order valence-corrected chi connectivity index (χ4v) is 12.2. The van der Waals surface area contributed by atoms with E-state index in [0.717, 1.165) is 283 Å². The van der Waals surface area contributed by atoms with Gasteiger partial charge in [0.25, 0.3) is 0 Å². The molecule has 0 rings (SSSR count). The maximum absolute atomic E-state index is 10.4. The minimum atomic E-state index is -0.740. The number of aliphatic hydroxyl groups is 5. The highest BCUT2D eigenvalue weighted by Crippen LogP contribution is 2.17. The van der Waals surface area contributed by atoms with Crippen LogP contribution in [0.3, 0.4) is 0 Å². The van der Waals surface area contributed by atoms with Crippen molar-refractivity contribution < 1.29 is 110 Å². The van der Waals surface area contributed by atoms with Crippen LogP contribution in [-0.2, 0) is 43.2 Å². The standard InChI is InChI=1S/2C18H34O3.C12H22O4.C12H24O3.C10H18O4.C10H20O3.C8H18O.C8H16O/c2*1-2-3-4-11-14-17(19)15-12-9-7-5-6-8-10-13-16-18(20)21;13-11(14)9-7-5-3-1-2-4-6-8-10-12(15)16;13-11-9-7-5-3-1-2-4-6-8-10-12(14)15;11-9(12)7-5-3-1-2-4-6-8-10(13)14;11-9-7-5-3-1-2-4-6-8-10(12)13;2*1-3-4-5-6-7-8(2)9/h2*9,12,17,19H,2-8,10-11,13-16H2,1H3,(H,20,21);1-10H2,(H,13,14)(H,15,16);13H,1-11H2,(H,14,15);1-8H2,(H,11,12)(H,13,14);11H,1-9H2,(H,12,13);8-9H,3-7H2,1-2H3;3-7H2,1-2H3/b2*12-9+;;;;;;. The summed E-state index contributed by atoms with van der Waals surface area (Å²) in [7, 11) is 0. The van der Waals surface area contributed by atoms with Crippen molar-refractivity contribution >= 4 is 53.5 Å². The zero-order valence-electron chi connectivity index (χ0n) is 76.4. The van der Waals surface area contributed by atoms with Crippen LogP contribution in [0.5, 0.6) is 0 Å². The molecule has 22 nitrogen and oxygen atoms in total. The van der Waals surface area contributed by atoms with Crippen molar-refractivity contribution in [2.24, 2.45) is 0 Å². The monoisotopic (exact) mass is 1690 g/mol. The smallest absolute Gasteiger partial charge is 0.303 e. The molecule has 0 aliphatic heterocycles. The number of carbonyl (C=O) groups excluding carboxylic acids is 1. The number of allylic oxidation sites excluding steroid dienone is 2. The number of rotatable bonds is 80. The summed E-state index contributed by atoms with van der Waals surface area (Å²) in [5.74, 6) is -5.34. The summed E-state index contributed by atoms with van der Waals surface area (Å²) in [6, 6.07) is 0. The first kappa shape index (κ1) is 128. The van der Waals surface area contributed by atoms with Crippen LogP contribution in [0.15, 0.2) is 24.3 Å². The first-order chi connectivity index (χ1) is 56.7. The first-order valence-corrected chi connectivity index (χ1v) is 47.5. The van der Waals surface area contributed by atoms with E-state index < -0.39 is 47.8 Å². The predicted molar refractivity (Wildman–Crippen MR) is 483 cm³/mol. The molecule has 0 radical (unpaired) electrons. The molecule has 0 fully saturated rings. The molecule has 0 aliphatic rings. The molecule has 0 aliphatic carbocycles. The molecule has 0 saturated carbocycles. The molecular formula is C96H186O22. The van der Waals surface area contributed by atoms with Gasteiger partial charge >= 0.3 is 47.8 Å². The molecule has 3 unspecified atom stereocenters. The zero-order chi connectivity index (χ0) is 90.1. The van der Waals surface area contributed by atoms with Gasteiger partial charge < -0.3 is 71.2 Å². The predicted octanol–water partition coefficient (Wildman–Crippen LogP) is 25.5. The first-order valence-electron chi connectivity index (χ1n) is 47.5. The summed E-state index contributed by atoms with van der Waals surface area (Å²) in [5.41, 5.74) is 0. The summed E-state index contributed by atoms with van der Waals surface area (Å²) in [6.45, 7) is 12.9. The van der Waals surface area contributed by atoms with Gasteiger partial charge in [0.15, 0.2) is 0 Å². The highest BCUT2D eigenvalue weighted by atomic mass is 16.4. The Balaban J connectivity index is -0.000000198. The van der Waals surface area contributed by atoms with Crippen LogP contribution in [0.25, 0.3) is 0 Å². The number of carbonyl (C=O) groups is 9. The lowest BCUT2D eigenvalue weighted by atomic mass is 10.1. The third-order valence-electron chi connectivity index (χ3n) is 19.5. The summed E-state index contributed by atoms with van der Waals surface area (Å²) >= 11 is 0. The normalized spacial score (nSPS) is 11.4. The summed E-state index contributed by atoms with van der Waals surface area (Å²) < 4.78 is 0. The van der Waals surface area contributed by atoms with Gasteiger partial charge in [-0.15, -0.1) is 0 Å². The fraction of sp³-hybridized carbons (Fsp3) is 0.865. The number of aliphatic carboxylic acids is 8. The molecule has 0 aromatic carbocycles. The van der Waals surface area contributed by atoms with Crippen LogP contribution < -0.4 is 0 Å². The lowest BCUT2D eigenvalue weighted by Gasteiger charge is -2.07. The third-order valence-corrected chi connectivity index (χ3v) is 19.5. The molecule has 13 N–H and O–H groups in total. The average molecular weight is 1690 g/mol. The molecule has 0 bridgehead atoms. The Bertz CT molecular complexity index is 2060. The summed E-state index contributed by atoms with van der Waals surface area (Å²) in [6.07, 6.45) is 78.5. The van der Waals surface area contributed by atoms with Crippen LogP contribution in [0.1, 0.15) is 504 Å². The Labute approximate surface area is 719 Å². The van der Waals surface area contributed by atoms with Crippen molar-refractivity contribution in [3.05, 3.63) is 24.3 Å². The minimum absolute atomic E-state index is 0.0955. The Morgan fingerprint density at radius 2 is 0.390 bits per heavy atom. The fourth-order valence-electron chi connectivity index (χ4n) is 12.2. The van der Waals surface area contributed by atoms with Crippen LogP contribution in [0, 0.1) is 0 Å². The molecule has 0 saturated heterocycles. The lowest BCUT2D eigenvalue weighted by molar-refractivity contribution is -0.138. The topological polar surface area (TPSA) is 417 Å². The number of hydrogen-bond donors (Lipinski definition) is 13. The Hall–Kier alpha value is -5.29. The van der Waals surface area contributed by atoms with Crippen LogP contribution in [-0.4, -0.2) is 151 Å². The highest BCUT2D eigenvalue weighted by Gasteiger charge is 2.06. The number of Topliss-reactive ketones (excluding diaryl/α,β-unsaturated/α-hetero) is 1. The van der Waals surface area contributed by atoms with Crippen molar-refractivity contribution in [3.8, 4) is 0 Å². The SMILES string of the molecule is CCCCCCC(C)=O.CCCCCCC(C)O.CCCCCCC(O)C/C=C/CCCCCCCC(=O)O.CCCCCCC(O)C/C=C/CCCCCCCC(=O)O.O=C(O)CCCCCCCCC(=O)O.O=C(O)CCCCCCCCCCC(=O)O.O=C(O)CCCCCCCCCCCO.O=C(O)CCCCCCCCCO. The van der Waals surface area contributed by atoms with Crippen LogP contribution in [0.2, 0.25) is 0 Å². The lowest BCUT2D eigenvalue weighted by Crippen LogP contribution is -2.04. The number of carboxylic acid groups (broad SMARTS) is 8. The quantitative estimate of drug-likeness (QED) is 0.0199. The van der Waals surface area contributed by atoms with Crippen LogP contribution >= 0.6 is 0 Å². The molecule has 22 heteroatoms. The van der Waals surface area contributed by atoms with Crippen molar-refractivity contribution in [3.63, 3.8) is 0 Å². The summed E-state index contributed by atoms with van der Waals surface area (Å²) in [5, 5.41) is 113. The van der Waals surface area contributed by atoms with E-state index in [4.69, 9.17) is 56.2 Å². The Morgan fingerprint density at radius 3 is 0.576 bits per heavy atom. The second kappa shape index (κ2) is 116. The minimum Gasteiger partial charge on any atom is -0.481 e. The maximum atomic E-state index is 10.4. The molecule has 118 heavy (non-hydrogen) atoms. The second-order valence-electron chi connectivity index (χ2n) is 31.9. The van der Waals surface area contributed by atoms with Gasteiger partial charge in [-0.05, 0) is 142 Å². The zero-order valence-corrected chi connectivity index (χ0v) is 76.4. The van der Waals surface area contributed by atoms with Gasteiger partial charge in [0.05, 0.1) is 18.3 Å². The number of carboxylic acids is 8. The molecule has 0 amide bonds. The highest BCUT2D eigenvalue weighted by molar-refractivity contribution is 5.75. The van der Waals surface area contributed by atoms with Crippen molar-refractivity contribution in [1.82, 2.24) is 0 Å². The number of ketones is 1. The summed E-state index contributed by atoms with van der Waals surface area (Å²) in [4.78, 5) is 92.1. The second-order valence-corrected chi connectivity index (χ2v) is 31.9. The molecule has 0 aromatic rings. The number of unbranched alkanes of at least 4 members (excludes halogenated alkanes) is 48. The van der Waals surface area contributed by atoms with Gasteiger partial charge in [-0.3, -0.25) is 38.4 Å². The van der Waals surface area contributed by atoms with E-state index in [2.05, 4.69) is 52.0 Å². The number of aliphatic hydroxyl groups excluding tert-OH is 5. The van der Waals surface area contributed by atoms with E-state index in [9.17, 15) is 53.4 Å². The van der Waals surface area contributed by atoms with Crippen molar-refractivity contribution in [1.29, 1.82) is 0 Å². The van der Waals surface area contributed by atoms with Gasteiger partial charge in [-0.2, -0.15) is 0 Å². The van der Waals surface area contributed by atoms with E-state index in [0.29, 0.717) is 44.7 Å². The molecular weight excluding hydrogens is 1510 g/mol. The van der Waals surface area contributed by atoms with E-state index in [1.165, 1.54) is 128 Å². The van der Waals surface area contributed by atoms with Gasteiger partial charge in [-0.1, -0.05) is 328 Å². The number of hydrogen-bond acceptors (Lipinski definition) is 14. The van der Waals surface area contributed by atoms with Gasteiger partial charge in [0.1, 0.15) is 5.78 Å². The Morgan fingerprint density at radius 1 is 0.220 bits per heavy atom. The molecule has 0 aromatic heterocycles. The van der Waals surface area contributed by atoms with Gasteiger partial charge in [0, 0.05) is 71.0 Å². The molecule has 0 heterocycles. The average Bonchev–Trinajstić information content (AvgIpc) is 1.09. The molecule has 0 spiro atoms. The maximum Gasteiger partial charge on any atom is 0.303 e. The molecule has 3 atom stereocenters. The van der Waals surface area contributed by atoms with Crippen molar-refractivity contribution in [2.45, 2.75) is 522 Å². The van der Waals surface area contributed by atoms with E-state index in [1.807, 2.05) is 6.92 Å². The van der Waals surface area contributed by atoms with E-state index in [-0.39, 0.29) is 44.0 Å². The van der Waals surface area contributed by atoms with Gasteiger partial charge in [0.2, 0.25) is 0 Å². The van der Waals surface area contributed by atoms with Gasteiger partial charge in [-0.25, -0.2) is 0 Å². The largest absolute Gasteiger partial charge is 0.481 e.